The Morgan fingerprint density at radius 2 is 1.78 bits per heavy atom. The minimum absolute atomic E-state index is 0.0366. The molecule has 1 saturated heterocycles. The number of nitrogens with one attached hydrogen (secondary N) is 1. The van der Waals surface area contributed by atoms with Crippen molar-refractivity contribution in [2.24, 2.45) is 5.92 Å². The number of benzene rings is 2. The van der Waals surface area contributed by atoms with Crippen LogP contribution in [0.15, 0.2) is 41.3 Å². The van der Waals surface area contributed by atoms with Gasteiger partial charge in [0.15, 0.2) is 0 Å². The molecule has 0 unspecified atom stereocenters. The van der Waals surface area contributed by atoms with E-state index in [-0.39, 0.29) is 47.3 Å². The number of hydrogen-bond acceptors (Lipinski definition) is 4. The van der Waals surface area contributed by atoms with Crippen LogP contribution in [0.25, 0.3) is 0 Å². The summed E-state index contributed by atoms with van der Waals surface area (Å²) in [6, 6.07) is 7.38. The zero-order valence-electron chi connectivity index (χ0n) is 16.7. The number of hydrogen-bond donors (Lipinski definition) is 1. The van der Waals surface area contributed by atoms with Crippen molar-refractivity contribution >= 4 is 44.8 Å². The molecular weight excluding hydrogens is 492 g/mol. The van der Waals surface area contributed by atoms with Gasteiger partial charge in [0, 0.05) is 29.7 Å². The van der Waals surface area contributed by atoms with Gasteiger partial charge in [-0.15, -0.1) is 0 Å². The molecule has 32 heavy (non-hydrogen) atoms. The van der Waals surface area contributed by atoms with Crippen molar-refractivity contribution in [2.45, 2.75) is 23.9 Å². The molecule has 1 aliphatic rings. The van der Waals surface area contributed by atoms with E-state index in [4.69, 9.17) is 27.9 Å². The third-order valence-corrected chi connectivity index (χ3v) is 7.59. The van der Waals surface area contributed by atoms with Gasteiger partial charge in [0.25, 0.3) is 0 Å². The summed E-state index contributed by atoms with van der Waals surface area (Å²) < 4.78 is 71.4. The van der Waals surface area contributed by atoms with Crippen molar-refractivity contribution in [2.75, 3.05) is 25.5 Å². The summed E-state index contributed by atoms with van der Waals surface area (Å²) in [5.74, 6) is -0.900. The number of halogens is 5. The average molecular weight is 511 g/mol. The summed E-state index contributed by atoms with van der Waals surface area (Å²) in [6.45, 7) is 0.120. The molecule has 0 saturated carbocycles. The standard InChI is InChI=1S/C20H19Cl2F3N2O4S/c1-31-17-5-2-13(21)10-18(17)32(29,30)27-8-6-12(7-9-27)19(28)26-14-3-4-16(22)15(11-14)20(23,24)25/h2-5,10-12H,6-9H2,1H3,(H,26,28). The highest BCUT2D eigenvalue weighted by atomic mass is 35.5. The molecule has 1 N–H and O–H groups in total. The van der Waals surface area contributed by atoms with Crippen LogP contribution in [0.3, 0.4) is 0 Å². The van der Waals surface area contributed by atoms with E-state index in [1.165, 1.54) is 35.7 Å². The largest absolute Gasteiger partial charge is 0.495 e. The van der Waals surface area contributed by atoms with Gasteiger partial charge >= 0.3 is 6.18 Å². The average Bonchev–Trinajstić information content (AvgIpc) is 2.74. The van der Waals surface area contributed by atoms with Crippen molar-refractivity contribution < 1.29 is 31.1 Å². The Morgan fingerprint density at radius 1 is 1.12 bits per heavy atom. The van der Waals surface area contributed by atoms with Crippen LogP contribution < -0.4 is 10.1 Å². The summed E-state index contributed by atoms with van der Waals surface area (Å²) in [5.41, 5.74) is -1.08. The van der Waals surface area contributed by atoms with Crippen LogP contribution in [-0.4, -0.2) is 38.8 Å². The normalized spacial score (nSPS) is 16.1. The lowest BCUT2D eigenvalue weighted by molar-refractivity contribution is -0.137. The van der Waals surface area contributed by atoms with Crippen LogP contribution in [0.1, 0.15) is 18.4 Å². The predicted molar refractivity (Wildman–Crippen MR) is 115 cm³/mol. The van der Waals surface area contributed by atoms with E-state index < -0.39 is 38.6 Å². The van der Waals surface area contributed by atoms with Gasteiger partial charge in [-0.25, -0.2) is 8.42 Å². The van der Waals surface area contributed by atoms with Crippen molar-refractivity contribution in [1.82, 2.24) is 4.31 Å². The monoisotopic (exact) mass is 510 g/mol. The van der Waals surface area contributed by atoms with E-state index >= 15 is 0 Å². The number of carbonyl (C=O) groups excluding carboxylic acids is 1. The van der Waals surface area contributed by atoms with Crippen molar-refractivity contribution in [3.8, 4) is 5.75 Å². The number of sulfonamides is 1. The van der Waals surface area contributed by atoms with Gasteiger partial charge in [-0.2, -0.15) is 17.5 Å². The lowest BCUT2D eigenvalue weighted by Gasteiger charge is -2.31. The first-order valence-electron chi connectivity index (χ1n) is 9.45. The van der Waals surface area contributed by atoms with Gasteiger partial charge in [0.1, 0.15) is 10.6 Å². The molecule has 2 aromatic rings. The molecule has 12 heteroatoms. The van der Waals surface area contributed by atoms with Crippen molar-refractivity contribution in [3.05, 3.63) is 52.0 Å². The Labute approximate surface area is 193 Å². The van der Waals surface area contributed by atoms with E-state index in [1.54, 1.807) is 0 Å². The Morgan fingerprint density at radius 3 is 2.38 bits per heavy atom. The molecule has 1 fully saturated rings. The maximum Gasteiger partial charge on any atom is 0.417 e. The molecule has 6 nitrogen and oxygen atoms in total. The van der Waals surface area contributed by atoms with E-state index in [0.29, 0.717) is 0 Å². The number of carbonyl (C=O) groups is 1. The first-order valence-corrected chi connectivity index (χ1v) is 11.6. The van der Waals surface area contributed by atoms with Gasteiger partial charge in [0.05, 0.1) is 17.7 Å². The van der Waals surface area contributed by atoms with Gasteiger partial charge in [0.2, 0.25) is 15.9 Å². The van der Waals surface area contributed by atoms with Gasteiger partial charge in [-0.3, -0.25) is 4.79 Å². The van der Waals surface area contributed by atoms with E-state index in [9.17, 15) is 26.4 Å². The maximum atomic E-state index is 13.0. The Balaban J connectivity index is 1.68. The second-order valence-corrected chi connectivity index (χ2v) is 9.91. The van der Waals surface area contributed by atoms with E-state index in [2.05, 4.69) is 5.32 Å². The number of anilines is 1. The fourth-order valence-electron chi connectivity index (χ4n) is 3.41. The SMILES string of the molecule is COc1ccc(Cl)cc1S(=O)(=O)N1CCC(C(=O)Nc2ccc(Cl)c(C(F)(F)F)c2)CC1. The highest BCUT2D eigenvalue weighted by Gasteiger charge is 2.35. The minimum atomic E-state index is -4.65. The molecule has 1 heterocycles. The Hall–Kier alpha value is -2.01. The van der Waals surface area contributed by atoms with Crippen LogP contribution in [0.4, 0.5) is 18.9 Å². The first kappa shape index (κ1) is 24.6. The predicted octanol–water partition coefficient (Wildman–Crippen LogP) is 5.06. The quantitative estimate of drug-likeness (QED) is 0.609. The number of rotatable bonds is 5. The molecule has 0 aliphatic carbocycles. The fourth-order valence-corrected chi connectivity index (χ4v) is 5.53. The van der Waals surface area contributed by atoms with Crippen LogP contribution in [0, 0.1) is 5.92 Å². The topological polar surface area (TPSA) is 75.7 Å². The molecule has 0 aromatic heterocycles. The molecule has 0 radical (unpaired) electrons. The third-order valence-electron chi connectivity index (χ3n) is 5.11. The maximum absolute atomic E-state index is 13.0. The number of ether oxygens (including phenoxy) is 1. The first-order chi connectivity index (χ1) is 14.9. The van der Waals surface area contributed by atoms with Crippen LogP contribution in [-0.2, 0) is 21.0 Å². The number of methoxy groups -OCH3 is 1. The smallest absolute Gasteiger partial charge is 0.417 e. The molecule has 174 valence electrons. The number of piperidine rings is 1. The second kappa shape index (κ2) is 9.46. The van der Waals surface area contributed by atoms with E-state index in [0.717, 1.165) is 12.1 Å². The van der Waals surface area contributed by atoms with Crippen LogP contribution in [0.2, 0.25) is 10.0 Å². The summed E-state index contributed by atoms with van der Waals surface area (Å²) in [4.78, 5) is 12.5. The molecule has 0 spiro atoms. The van der Waals surface area contributed by atoms with Crippen LogP contribution >= 0.6 is 23.2 Å². The molecule has 2 aromatic carbocycles. The minimum Gasteiger partial charge on any atom is -0.495 e. The lowest BCUT2D eigenvalue weighted by atomic mass is 9.97. The van der Waals surface area contributed by atoms with Crippen molar-refractivity contribution in [3.63, 3.8) is 0 Å². The lowest BCUT2D eigenvalue weighted by Crippen LogP contribution is -2.41. The number of amides is 1. The molecule has 0 atom stereocenters. The van der Waals surface area contributed by atoms with Gasteiger partial charge in [-0.05, 0) is 49.2 Å². The summed E-state index contributed by atoms with van der Waals surface area (Å²) in [5, 5.41) is 2.23. The molecular formula is C20H19Cl2F3N2O4S. The van der Waals surface area contributed by atoms with Crippen molar-refractivity contribution in [1.29, 1.82) is 0 Å². The zero-order chi connectivity index (χ0) is 23.7. The zero-order valence-corrected chi connectivity index (χ0v) is 19.1. The van der Waals surface area contributed by atoms with Crippen LogP contribution in [0.5, 0.6) is 5.75 Å². The second-order valence-electron chi connectivity index (χ2n) is 7.16. The molecule has 0 bridgehead atoms. The highest BCUT2D eigenvalue weighted by molar-refractivity contribution is 7.89. The number of nitrogens with zero attached hydrogens (tertiary/aromatic N) is 1. The Bertz CT molecular complexity index is 1120. The molecule has 1 amide bonds. The van der Waals surface area contributed by atoms with Gasteiger partial charge < -0.3 is 10.1 Å². The Kier molecular flexibility index (Phi) is 7.28. The summed E-state index contributed by atoms with van der Waals surface area (Å²) in [7, 11) is -2.56. The van der Waals surface area contributed by atoms with Gasteiger partial charge in [-0.1, -0.05) is 23.2 Å². The molecule has 1 aliphatic heterocycles. The third kappa shape index (κ3) is 5.31. The summed E-state index contributed by atoms with van der Waals surface area (Å²) >= 11 is 11.5. The number of alkyl halides is 3. The molecule has 3 rings (SSSR count). The highest BCUT2D eigenvalue weighted by Crippen LogP contribution is 2.36. The summed E-state index contributed by atoms with van der Waals surface area (Å²) in [6.07, 6.45) is -4.25. The fraction of sp³-hybridized carbons (Fsp3) is 0.350. The van der Waals surface area contributed by atoms with E-state index in [1.807, 2.05) is 0 Å².